The molecule has 2 atom stereocenters. The Hall–Kier alpha value is -2.38. The first-order valence-corrected chi connectivity index (χ1v) is 9.57. The Morgan fingerprint density at radius 2 is 2.15 bits per heavy atom. The fourth-order valence-electron chi connectivity index (χ4n) is 4.76. The average Bonchev–Trinajstić information content (AvgIpc) is 3.13. The van der Waals surface area contributed by atoms with Crippen LogP contribution in [-0.2, 0) is 16.1 Å². The molecule has 3 rings (SSSR count). The van der Waals surface area contributed by atoms with Gasteiger partial charge in [-0.05, 0) is 37.0 Å². The summed E-state index contributed by atoms with van der Waals surface area (Å²) in [5.74, 6) is -0.236. The number of nitrogens with zero attached hydrogens (tertiary/aromatic N) is 3. The number of aromatic nitrogens is 2. The molecule has 2 N–H and O–H groups in total. The summed E-state index contributed by atoms with van der Waals surface area (Å²) in [6.07, 6.45) is 8.30. The highest BCUT2D eigenvalue weighted by Gasteiger charge is 2.56. The van der Waals surface area contributed by atoms with E-state index in [0.29, 0.717) is 25.3 Å². The number of aryl methyl sites for hydroxylation is 1. The van der Waals surface area contributed by atoms with Gasteiger partial charge in [0.1, 0.15) is 12.1 Å². The van der Waals surface area contributed by atoms with Crippen molar-refractivity contribution in [2.75, 3.05) is 13.1 Å². The van der Waals surface area contributed by atoms with Gasteiger partial charge in [0.15, 0.2) is 0 Å². The van der Waals surface area contributed by atoms with Crippen LogP contribution < -0.4 is 10.6 Å². The first-order valence-electron chi connectivity index (χ1n) is 9.57. The van der Waals surface area contributed by atoms with E-state index in [2.05, 4.69) is 36.4 Å². The molecule has 2 heterocycles. The van der Waals surface area contributed by atoms with E-state index in [-0.39, 0.29) is 23.8 Å². The monoisotopic (exact) mass is 375 g/mol. The number of amides is 4. The number of carbonyl (C=O) groups excluding carboxylic acids is 3. The van der Waals surface area contributed by atoms with Crippen molar-refractivity contribution >= 4 is 17.8 Å². The van der Waals surface area contributed by atoms with Crippen LogP contribution in [0.5, 0.6) is 0 Å². The predicted octanol–water partition coefficient (Wildman–Crippen LogP) is 1.53. The van der Waals surface area contributed by atoms with Gasteiger partial charge in [-0.25, -0.2) is 9.78 Å². The highest BCUT2D eigenvalue weighted by molar-refractivity contribution is 6.09. The second kappa shape index (κ2) is 7.32. The van der Waals surface area contributed by atoms with E-state index in [1.54, 1.807) is 12.5 Å². The third-order valence-electron chi connectivity index (χ3n) is 5.40. The first-order chi connectivity index (χ1) is 12.7. The topological polar surface area (TPSA) is 96.3 Å². The molecular formula is C19H29N5O3. The third-order valence-corrected chi connectivity index (χ3v) is 5.40. The summed E-state index contributed by atoms with van der Waals surface area (Å²) < 4.78 is 1.93. The number of hydrogen-bond acceptors (Lipinski definition) is 4. The quantitative estimate of drug-likeness (QED) is 0.582. The number of urea groups is 1. The van der Waals surface area contributed by atoms with Crippen LogP contribution >= 0.6 is 0 Å². The largest absolute Gasteiger partial charge is 0.354 e. The third kappa shape index (κ3) is 4.31. The summed E-state index contributed by atoms with van der Waals surface area (Å²) in [5, 5.41) is 5.68. The molecule has 1 aliphatic carbocycles. The zero-order valence-corrected chi connectivity index (χ0v) is 16.3. The molecule has 1 aromatic rings. The minimum Gasteiger partial charge on any atom is -0.354 e. The van der Waals surface area contributed by atoms with Crippen LogP contribution in [0, 0.1) is 11.3 Å². The molecule has 1 saturated carbocycles. The second-order valence-corrected chi connectivity index (χ2v) is 8.76. The van der Waals surface area contributed by atoms with Gasteiger partial charge in [0, 0.05) is 25.5 Å². The van der Waals surface area contributed by atoms with Crippen molar-refractivity contribution in [1.29, 1.82) is 0 Å². The Morgan fingerprint density at radius 3 is 2.81 bits per heavy atom. The first kappa shape index (κ1) is 19.4. The summed E-state index contributed by atoms with van der Waals surface area (Å²) in [4.78, 5) is 42.6. The molecule has 0 bridgehead atoms. The molecule has 1 aliphatic heterocycles. The zero-order chi connectivity index (χ0) is 19.7. The standard InChI is InChI=1S/C19H29N5O3/c1-14-9-18(2,3)12-19(10-14)16(26)24(17(27)22-19)11-15(25)21-5-4-7-23-8-6-20-13-23/h6,8,13-14H,4-5,7,9-12H2,1-3H3,(H,21,25)(H,22,27). The van der Waals surface area contributed by atoms with Gasteiger partial charge in [-0.1, -0.05) is 20.8 Å². The van der Waals surface area contributed by atoms with E-state index < -0.39 is 11.6 Å². The maximum absolute atomic E-state index is 13.0. The number of nitrogens with one attached hydrogen (secondary N) is 2. The SMILES string of the molecule is CC1CC(C)(C)CC2(C1)NC(=O)N(CC(=O)NCCCn1ccnc1)C2=O. The molecule has 0 radical (unpaired) electrons. The molecule has 27 heavy (non-hydrogen) atoms. The molecule has 1 spiro atoms. The van der Waals surface area contributed by atoms with Crippen molar-refractivity contribution in [1.82, 2.24) is 25.1 Å². The summed E-state index contributed by atoms with van der Waals surface area (Å²) in [6, 6.07) is -0.460. The summed E-state index contributed by atoms with van der Waals surface area (Å²) in [7, 11) is 0. The molecule has 8 heteroatoms. The van der Waals surface area contributed by atoms with Gasteiger partial charge in [-0.15, -0.1) is 0 Å². The van der Waals surface area contributed by atoms with E-state index in [4.69, 9.17) is 0 Å². The Morgan fingerprint density at radius 1 is 1.37 bits per heavy atom. The van der Waals surface area contributed by atoms with Gasteiger partial charge in [0.2, 0.25) is 5.91 Å². The number of carbonyl (C=O) groups is 3. The van der Waals surface area contributed by atoms with Crippen LogP contribution in [-0.4, -0.2) is 50.9 Å². The number of imidazole rings is 1. The molecule has 8 nitrogen and oxygen atoms in total. The van der Waals surface area contributed by atoms with Gasteiger partial charge < -0.3 is 15.2 Å². The zero-order valence-electron chi connectivity index (χ0n) is 16.3. The molecular weight excluding hydrogens is 346 g/mol. The molecule has 0 aromatic carbocycles. The lowest BCUT2D eigenvalue weighted by Gasteiger charge is -2.43. The average molecular weight is 375 g/mol. The van der Waals surface area contributed by atoms with E-state index in [0.717, 1.165) is 24.3 Å². The predicted molar refractivity (Wildman–Crippen MR) is 99.6 cm³/mol. The molecule has 1 saturated heterocycles. The Labute approximate surface area is 159 Å². The lowest BCUT2D eigenvalue weighted by Crippen LogP contribution is -2.54. The number of hydrogen-bond donors (Lipinski definition) is 2. The van der Waals surface area contributed by atoms with Gasteiger partial charge in [-0.3, -0.25) is 14.5 Å². The Balaban J connectivity index is 1.53. The summed E-state index contributed by atoms with van der Waals surface area (Å²) in [6.45, 7) is 7.36. The maximum atomic E-state index is 13.0. The normalized spacial score (nSPS) is 27.1. The molecule has 148 valence electrons. The van der Waals surface area contributed by atoms with E-state index in [9.17, 15) is 14.4 Å². The van der Waals surface area contributed by atoms with E-state index in [1.165, 1.54) is 0 Å². The van der Waals surface area contributed by atoms with Crippen molar-refractivity contribution in [2.45, 2.75) is 58.5 Å². The molecule has 2 unspecified atom stereocenters. The second-order valence-electron chi connectivity index (χ2n) is 8.76. The fourth-order valence-corrected chi connectivity index (χ4v) is 4.76. The maximum Gasteiger partial charge on any atom is 0.325 e. The molecule has 2 aliphatic rings. The van der Waals surface area contributed by atoms with Crippen LogP contribution in [0.25, 0.3) is 0 Å². The fraction of sp³-hybridized carbons (Fsp3) is 0.684. The minimum atomic E-state index is -0.861. The Bertz CT molecular complexity index is 715. The van der Waals surface area contributed by atoms with Crippen molar-refractivity contribution in [3.05, 3.63) is 18.7 Å². The van der Waals surface area contributed by atoms with Crippen molar-refractivity contribution < 1.29 is 14.4 Å². The van der Waals surface area contributed by atoms with Crippen LogP contribution in [0.4, 0.5) is 4.79 Å². The minimum absolute atomic E-state index is 0.0216. The highest BCUT2D eigenvalue weighted by atomic mass is 16.2. The smallest absolute Gasteiger partial charge is 0.325 e. The van der Waals surface area contributed by atoms with Crippen LogP contribution in [0.2, 0.25) is 0 Å². The molecule has 4 amide bonds. The van der Waals surface area contributed by atoms with Gasteiger partial charge in [0.25, 0.3) is 5.91 Å². The lowest BCUT2D eigenvalue weighted by molar-refractivity contribution is -0.137. The molecule has 1 aromatic heterocycles. The Kier molecular flexibility index (Phi) is 5.26. The van der Waals surface area contributed by atoms with Crippen molar-refractivity contribution in [3.63, 3.8) is 0 Å². The van der Waals surface area contributed by atoms with Crippen LogP contribution in [0.1, 0.15) is 46.5 Å². The van der Waals surface area contributed by atoms with Crippen LogP contribution in [0.3, 0.4) is 0 Å². The summed E-state index contributed by atoms with van der Waals surface area (Å²) in [5.41, 5.74) is -0.883. The van der Waals surface area contributed by atoms with E-state index in [1.807, 2.05) is 10.8 Å². The molecule has 2 fully saturated rings. The lowest BCUT2D eigenvalue weighted by atomic mass is 9.64. The van der Waals surface area contributed by atoms with Crippen molar-refractivity contribution in [2.24, 2.45) is 11.3 Å². The number of imide groups is 1. The van der Waals surface area contributed by atoms with Crippen LogP contribution in [0.15, 0.2) is 18.7 Å². The van der Waals surface area contributed by atoms with Crippen molar-refractivity contribution in [3.8, 4) is 0 Å². The van der Waals surface area contributed by atoms with Gasteiger partial charge >= 0.3 is 6.03 Å². The highest BCUT2D eigenvalue weighted by Crippen LogP contribution is 2.46. The van der Waals surface area contributed by atoms with Gasteiger partial charge in [0.05, 0.1) is 6.33 Å². The summed E-state index contributed by atoms with van der Waals surface area (Å²) >= 11 is 0. The van der Waals surface area contributed by atoms with Gasteiger partial charge in [-0.2, -0.15) is 0 Å². The number of rotatable bonds is 6. The van der Waals surface area contributed by atoms with E-state index >= 15 is 0 Å².